The van der Waals surface area contributed by atoms with Gasteiger partial charge in [-0.25, -0.2) is 8.78 Å². The Morgan fingerprint density at radius 1 is 1.07 bits per heavy atom. The lowest BCUT2D eigenvalue weighted by Crippen LogP contribution is -2.15. The average molecular weight is 383 g/mol. The van der Waals surface area contributed by atoms with Gasteiger partial charge in [-0.3, -0.25) is 9.79 Å². The largest absolute Gasteiger partial charge is 0.465 e. The van der Waals surface area contributed by atoms with Gasteiger partial charge in [-0.1, -0.05) is 54.6 Å². The zero-order chi connectivity index (χ0) is 19.7. The van der Waals surface area contributed by atoms with E-state index in [2.05, 4.69) is 4.99 Å². The van der Waals surface area contributed by atoms with Crippen molar-refractivity contribution in [2.75, 3.05) is 13.2 Å². The molecule has 0 amide bonds. The van der Waals surface area contributed by atoms with E-state index in [4.69, 9.17) is 4.74 Å². The fraction of sp³-hybridized carbons (Fsp3) is 0.391. The molecule has 2 saturated carbocycles. The highest BCUT2D eigenvalue weighted by molar-refractivity contribution is 6.14. The Morgan fingerprint density at radius 2 is 1.71 bits per heavy atom. The van der Waals surface area contributed by atoms with Crippen LogP contribution in [0.1, 0.15) is 42.4 Å². The number of benzene rings is 2. The minimum Gasteiger partial charge on any atom is -0.465 e. The van der Waals surface area contributed by atoms with Crippen LogP contribution in [0.4, 0.5) is 8.78 Å². The van der Waals surface area contributed by atoms with Gasteiger partial charge in [0.15, 0.2) is 0 Å². The quantitative estimate of drug-likeness (QED) is 0.529. The van der Waals surface area contributed by atoms with Crippen molar-refractivity contribution in [3.63, 3.8) is 0 Å². The van der Waals surface area contributed by atoms with E-state index in [0.29, 0.717) is 25.2 Å². The van der Waals surface area contributed by atoms with Gasteiger partial charge in [0.25, 0.3) is 5.92 Å². The van der Waals surface area contributed by atoms with Crippen LogP contribution in [0, 0.1) is 11.8 Å². The van der Waals surface area contributed by atoms with Crippen molar-refractivity contribution in [3.8, 4) is 0 Å². The van der Waals surface area contributed by atoms with Gasteiger partial charge in [-0.2, -0.15) is 0 Å². The van der Waals surface area contributed by atoms with Crippen LogP contribution in [0.3, 0.4) is 0 Å². The standard InChI is InChI=1S/C23H23F2NO2/c1-2-28-21(27)14-26-22(15-8-4-3-5-9-15)18-11-7-6-10-17(18)16-12-19-20(13-16)23(19,24)25/h3-11,16,19-20H,2,12-14H2,1H3. The molecule has 0 aromatic heterocycles. The summed E-state index contributed by atoms with van der Waals surface area (Å²) in [6.07, 6.45) is 1.02. The van der Waals surface area contributed by atoms with E-state index in [-0.39, 0.29) is 18.4 Å². The first kappa shape index (κ1) is 18.8. The second-order valence-electron chi connectivity index (χ2n) is 7.48. The van der Waals surface area contributed by atoms with Crippen molar-refractivity contribution >= 4 is 11.7 Å². The number of carbonyl (C=O) groups is 1. The zero-order valence-electron chi connectivity index (χ0n) is 15.8. The Balaban J connectivity index is 1.67. The molecule has 2 aromatic carbocycles. The summed E-state index contributed by atoms with van der Waals surface area (Å²) in [4.78, 5) is 16.4. The van der Waals surface area contributed by atoms with Crippen LogP contribution >= 0.6 is 0 Å². The Hall–Kier alpha value is -2.56. The van der Waals surface area contributed by atoms with Crippen LogP contribution in [0.5, 0.6) is 0 Å². The summed E-state index contributed by atoms with van der Waals surface area (Å²) < 4.78 is 32.3. The first-order valence-electron chi connectivity index (χ1n) is 9.75. The van der Waals surface area contributed by atoms with Crippen molar-refractivity contribution in [1.82, 2.24) is 0 Å². The van der Waals surface area contributed by atoms with Gasteiger partial charge in [0.05, 0.1) is 12.3 Å². The lowest BCUT2D eigenvalue weighted by molar-refractivity contribution is -0.141. The number of alkyl halides is 2. The molecule has 2 aliphatic rings. The summed E-state index contributed by atoms with van der Waals surface area (Å²) in [6.45, 7) is 2.00. The molecule has 2 aromatic rings. The van der Waals surface area contributed by atoms with E-state index in [9.17, 15) is 13.6 Å². The summed E-state index contributed by atoms with van der Waals surface area (Å²) >= 11 is 0. The Bertz CT molecular complexity index is 880. The second-order valence-corrected chi connectivity index (χ2v) is 7.48. The third-order valence-electron chi connectivity index (χ3n) is 5.82. The van der Waals surface area contributed by atoms with Gasteiger partial charge < -0.3 is 4.74 Å². The molecule has 3 nitrogen and oxygen atoms in total. The maximum absolute atomic E-state index is 13.7. The van der Waals surface area contributed by atoms with E-state index in [1.54, 1.807) is 6.92 Å². The summed E-state index contributed by atoms with van der Waals surface area (Å²) in [5.74, 6) is -3.73. The number of fused-ring (bicyclic) bond motifs is 1. The summed E-state index contributed by atoms with van der Waals surface area (Å²) in [5.41, 5.74) is 3.55. The molecule has 5 heteroatoms. The van der Waals surface area contributed by atoms with Crippen molar-refractivity contribution in [2.45, 2.75) is 31.6 Å². The average Bonchev–Trinajstić information content (AvgIpc) is 3.04. The molecular formula is C23H23F2NO2. The molecule has 0 spiro atoms. The third-order valence-corrected chi connectivity index (χ3v) is 5.82. The number of carbonyl (C=O) groups excluding carboxylic acids is 1. The van der Waals surface area contributed by atoms with Gasteiger partial charge >= 0.3 is 5.97 Å². The number of ether oxygens (including phenoxy) is 1. The Morgan fingerprint density at radius 3 is 2.39 bits per heavy atom. The number of hydrogen-bond acceptors (Lipinski definition) is 3. The number of halogens is 2. The van der Waals surface area contributed by atoms with Crippen LogP contribution < -0.4 is 0 Å². The van der Waals surface area contributed by atoms with Gasteiger partial charge in [0.2, 0.25) is 0 Å². The fourth-order valence-corrected chi connectivity index (χ4v) is 4.41. The summed E-state index contributed by atoms with van der Waals surface area (Å²) in [7, 11) is 0. The second kappa shape index (κ2) is 7.46. The predicted octanol–water partition coefficient (Wildman–Crippen LogP) is 4.85. The molecular weight excluding hydrogens is 360 g/mol. The molecule has 0 heterocycles. The minimum absolute atomic E-state index is 0.0691. The van der Waals surface area contributed by atoms with Crippen LogP contribution in [0.25, 0.3) is 0 Å². The maximum Gasteiger partial charge on any atom is 0.327 e. The van der Waals surface area contributed by atoms with Crippen molar-refractivity contribution in [3.05, 3.63) is 71.3 Å². The van der Waals surface area contributed by atoms with Gasteiger partial charge in [0.1, 0.15) is 6.54 Å². The summed E-state index contributed by atoms with van der Waals surface area (Å²) in [5, 5.41) is 0. The molecule has 2 aliphatic carbocycles. The number of esters is 1. The Labute approximate surface area is 163 Å². The number of nitrogens with zero attached hydrogens (tertiary/aromatic N) is 1. The molecule has 0 saturated heterocycles. The monoisotopic (exact) mass is 383 g/mol. The number of rotatable bonds is 6. The van der Waals surface area contributed by atoms with Gasteiger partial charge in [0, 0.05) is 23.0 Å². The molecule has 2 atom stereocenters. The van der Waals surface area contributed by atoms with E-state index < -0.39 is 17.8 Å². The van der Waals surface area contributed by atoms with Gasteiger partial charge in [-0.05, 0) is 31.2 Å². The highest BCUT2D eigenvalue weighted by atomic mass is 19.3. The number of hydrogen-bond donors (Lipinski definition) is 0. The molecule has 146 valence electrons. The number of aliphatic imine (C=N–C) groups is 1. The SMILES string of the molecule is CCOC(=O)CN=C(c1ccccc1)c1ccccc1C1CC2C(C1)C2(F)F. The first-order valence-corrected chi connectivity index (χ1v) is 9.75. The van der Waals surface area contributed by atoms with Crippen LogP contribution in [0.2, 0.25) is 0 Å². The van der Waals surface area contributed by atoms with Crippen molar-refractivity contribution < 1.29 is 18.3 Å². The van der Waals surface area contributed by atoms with Crippen LogP contribution in [-0.2, 0) is 9.53 Å². The van der Waals surface area contributed by atoms with Gasteiger partial charge in [-0.15, -0.1) is 0 Å². The van der Waals surface area contributed by atoms with Crippen molar-refractivity contribution in [2.24, 2.45) is 16.8 Å². The summed E-state index contributed by atoms with van der Waals surface area (Å²) in [6, 6.07) is 17.5. The Kier molecular flexibility index (Phi) is 5.00. The zero-order valence-corrected chi connectivity index (χ0v) is 15.8. The van der Waals surface area contributed by atoms with E-state index >= 15 is 0 Å². The molecule has 2 fully saturated rings. The van der Waals surface area contributed by atoms with Crippen molar-refractivity contribution in [1.29, 1.82) is 0 Å². The molecule has 2 unspecified atom stereocenters. The molecule has 0 aliphatic heterocycles. The molecule has 28 heavy (non-hydrogen) atoms. The van der Waals surface area contributed by atoms with E-state index in [0.717, 1.165) is 16.7 Å². The topological polar surface area (TPSA) is 38.7 Å². The van der Waals surface area contributed by atoms with Crippen LogP contribution in [0.15, 0.2) is 59.6 Å². The lowest BCUT2D eigenvalue weighted by atomic mass is 9.86. The maximum atomic E-state index is 13.7. The predicted molar refractivity (Wildman–Crippen MR) is 104 cm³/mol. The van der Waals surface area contributed by atoms with E-state index in [1.165, 1.54) is 0 Å². The fourth-order valence-electron chi connectivity index (χ4n) is 4.41. The molecule has 4 rings (SSSR count). The highest BCUT2D eigenvalue weighted by Crippen LogP contribution is 2.67. The smallest absolute Gasteiger partial charge is 0.327 e. The minimum atomic E-state index is -2.48. The molecule has 0 bridgehead atoms. The highest BCUT2D eigenvalue weighted by Gasteiger charge is 2.71. The normalized spacial score (nSPS) is 25.2. The molecule has 0 radical (unpaired) electrons. The molecule has 0 N–H and O–H groups in total. The van der Waals surface area contributed by atoms with Crippen LogP contribution in [-0.4, -0.2) is 30.8 Å². The van der Waals surface area contributed by atoms with E-state index in [1.807, 2.05) is 54.6 Å². The lowest BCUT2D eigenvalue weighted by Gasteiger charge is -2.20. The third kappa shape index (κ3) is 3.46. The first-order chi connectivity index (χ1) is 13.5.